The molecule has 178 valence electrons. The Balaban J connectivity index is 1.41. The Morgan fingerprint density at radius 2 is 2.00 bits per heavy atom. The van der Waals surface area contributed by atoms with E-state index in [0.717, 1.165) is 44.2 Å². The molecule has 2 aromatic heterocycles. The standard InChI is InChI=1S/C18H28ClN5O6P2/c1-28-12-4-2-11(3-5-12)21-16-17-20-8-14(24(17)23-18(19)22-16)15-7-6-13(30-15)9-29-32(27)10-31(25)26/h8,11-13,15,25-27H,2-7,9-10H2,1H3,(H,21,22,23). The van der Waals surface area contributed by atoms with E-state index in [1.54, 1.807) is 17.8 Å². The van der Waals surface area contributed by atoms with Crippen LogP contribution in [0.15, 0.2) is 6.20 Å². The highest BCUT2D eigenvalue weighted by molar-refractivity contribution is 7.63. The van der Waals surface area contributed by atoms with Gasteiger partial charge < -0.3 is 34.0 Å². The summed E-state index contributed by atoms with van der Waals surface area (Å²) >= 11 is 6.22. The van der Waals surface area contributed by atoms with Crippen LogP contribution in [0.3, 0.4) is 0 Å². The largest absolute Gasteiger partial charge is 0.381 e. The molecule has 4 N–H and O–H groups in total. The van der Waals surface area contributed by atoms with Crippen LogP contribution in [0.4, 0.5) is 5.82 Å². The highest BCUT2D eigenvalue weighted by atomic mass is 35.5. The molecule has 1 aliphatic carbocycles. The molecule has 1 saturated carbocycles. The van der Waals surface area contributed by atoms with E-state index in [9.17, 15) is 4.89 Å². The van der Waals surface area contributed by atoms with Gasteiger partial charge in [-0.1, -0.05) is 0 Å². The van der Waals surface area contributed by atoms with Gasteiger partial charge in [-0.25, -0.2) is 9.50 Å². The Bertz CT molecular complexity index is 900. The number of nitrogens with one attached hydrogen (secondary N) is 1. The quantitative estimate of drug-likeness (QED) is 0.374. The predicted octanol–water partition coefficient (Wildman–Crippen LogP) is 2.94. The van der Waals surface area contributed by atoms with Crippen molar-refractivity contribution in [2.45, 2.75) is 62.9 Å². The molecule has 0 aromatic carbocycles. The molecule has 3 heterocycles. The van der Waals surface area contributed by atoms with Crippen molar-refractivity contribution in [3.8, 4) is 0 Å². The smallest absolute Gasteiger partial charge is 0.243 e. The van der Waals surface area contributed by atoms with Gasteiger partial charge >= 0.3 is 0 Å². The first-order valence-electron chi connectivity index (χ1n) is 10.5. The first-order valence-corrected chi connectivity index (χ1v) is 13.7. The molecule has 2 fully saturated rings. The van der Waals surface area contributed by atoms with Gasteiger partial charge in [-0.05, 0) is 50.1 Å². The number of methoxy groups -OCH3 is 1. The maximum atomic E-state index is 9.72. The summed E-state index contributed by atoms with van der Waals surface area (Å²) < 4.78 is 18.5. The normalized spacial score (nSPS) is 27.3. The third-order valence-electron chi connectivity index (χ3n) is 5.81. The number of nitrogens with zero attached hydrogens (tertiary/aromatic N) is 4. The van der Waals surface area contributed by atoms with Crippen molar-refractivity contribution in [3.05, 3.63) is 17.2 Å². The third kappa shape index (κ3) is 6.03. The molecule has 2 aromatic rings. The number of halogens is 1. The van der Waals surface area contributed by atoms with Gasteiger partial charge in [0.25, 0.3) is 0 Å². The number of hydrogen-bond acceptors (Lipinski definition) is 10. The molecule has 3 unspecified atom stereocenters. The Hall–Kier alpha value is -0.740. The van der Waals surface area contributed by atoms with Crippen LogP contribution in [-0.2, 0) is 14.0 Å². The Morgan fingerprint density at radius 1 is 1.22 bits per heavy atom. The number of fused-ring (bicyclic) bond motifs is 1. The second kappa shape index (κ2) is 11.1. The van der Waals surface area contributed by atoms with Gasteiger partial charge in [-0.2, -0.15) is 4.98 Å². The minimum atomic E-state index is -2.18. The van der Waals surface area contributed by atoms with Crippen molar-refractivity contribution in [3.63, 3.8) is 0 Å². The monoisotopic (exact) mass is 507 g/mol. The Kier molecular flexibility index (Phi) is 8.48. The van der Waals surface area contributed by atoms with E-state index in [2.05, 4.69) is 20.4 Å². The zero-order valence-electron chi connectivity index (χ0n) is 17.7. The van der Waals surface area contributed by atoms with E-state index in [-0.39, 0.29) is 36.0 Å². The zero-order chi connectivity index (χ0) is 22.7. The molecule has 11 nitrogen and oxygen atoms in total. The maximum absolute atomic E-state index is 9.72. The molecule has 0 amide bonds. The van der Waals surface area contributed by atoms with Gasteiger partial charge in [0, 0.05) is 13.2 Å². The summed E-state index contributed by atoms with van der Waals surface area (Å²) in [6, 6.07) is 0.271. The van der Waals surface area contributed by atoms with Crippen molar-refractivity contribution in [1.82, 2.24) is 19.6 Å². The SMILES string of the molecule is COC1CCC(Nc2nc(Cl)nn3c(C4CCC(COP(O)CP(O)O)O4)cnc23)CC1. The van der Waals surface area contributed by atoms with E-state index >= 15 is 0 Å². The Morgan fingerprint density at radius 3 is 2.72 bits per heavy atom. The first-order chi connectivity index (χ1) is 15.4. The van der Waals surface area contributed by atoms with Gasteiger partial charge in [0.1, 0.15) is 6.10 Å². The molecule has 1 aliphatic heterocycles. The van der Waals surface area contributed by atoms with Crippen LogP contribution in [0.2, 0.25) is 5.28 Å². The summed E-state index contributed by atoms with van der Waals surface area (Å²) in [5, 5.41) is 7.93. The van der Waals surface area contributed by atoms with Crippen LogP contribution in [0.1, 0.15) is 50.3 Å². The lowest BCUT2D eigenvalue weighted by atomic mass is 9.93. The molecule has 1 saturated heterocycles. The molecule has 0 bridgehead atoms. The molecule has 0 spiro atoms. The topological polar surface area (TPSA) is 143 Å². The molecular formula is C18H28ClN5O6P2. The van der Waals surface area contributed by atoms with E-state index in [1.807, 2.05) is 0 Å². The molecular weight excluding hydrogens is 480 g/mol. The fourth-order valence-electron chi connectivity index (χ4n) is 4.19. The molecule has 2 aliphatic rings. The van der Waals surface area contributed by atoms with Gasteiger partial charge in [-0.3, -0.25) is 0 Å². The van der Waals surface area contributed by atoms with Crippen LogP contribution in [0.25, 0.3) is 5.65 Å². The van der Waals surface area contributed by atoms with Crippen LogP contribution >= 0.6 is 28.4 Å². The summed E-state index contributed by atoms with van der Waals surface area (Å²) in [6.07, 6.45) is 7.02. The molecule has 3 atom stereocenters. The number of aromatic nitrogens is 4. The second-order valence-electron chi connectivity index (χ2n) is 7.99. The highest BCUT2D eigenvalue weighted by Gasteiger charge is 2.31. The fourth-order valence-corrected chi connectivity index (χ4v) is 5.88. The summed E-state index contributed by atoms with van der Waals surface area (Å²) in [7, 11) is -2.29. The molecule has 0 radical (unpaired) electrons. The van der Waals surface area contributed by atoms with Crippen LogP contribution in [0, 0.1) is 0 Å². The lowest BCUT2D eigenvalue weighted by molar-refractivity contribution is 0.0151. The van der Waals surface area contributed by atoms with Crippen molar-refractivity contribution in [2.75, 3.05) is 24.9 Å². The van der Waals surface area contributed by atoms with E-state index < -0.39 is 16.8 Å². The van der Waals surface area contributed by atoms with E-state index in [1.165, 1.54) is 0 Å². The summed E-state index contributed by atoms with van der Waals surface area (Å²) in [6.45, 7) is 0.186. The van der Waals surface area contributed by atoms with Gasteiger partial charge in [0.15, 0.2) is 28.2 Å². The molecule has 4 rings (SSSR count). The summed E-state index contributed by atoms with van der Waals surface area (Å²) in [5.41, 5.74) is 1.37. The highest BCUT2D eigenvalue weighted by Crippen LogP contribution is 2.44. The number of rotatable bonds is 9. The zero-order valence-corrected chi connectivity index (χ0v) is 20.2. The lowest BCUT2D eigenvalue weighted by Crippen LogP contribution is -2.29. The van der Waals surface area contributed by atoms with Gasteiger partial charge in [0.2, 0.25) is 5.28 Å². The number of imidazole rings is 1. The minimum absolute atomic E-state index is 0.123. The van der Waals surface area contributed by atoms with Crippen molar-refractivity contribution >= 4 is 39.8 Å². The second-order valence-corrected chi connectivity index (χ2v) is 11.2. The third-order valence-corrected chi connectivity index (χ3v) is 8.39. The fraction of sp³-hybridized carbons (Fsp3) is 0.722. The number of ether oxygens (including phenoxy) is 2. The first kappa shape index (κ1) is 24.4. The average Bonchev–Trinajstić information content (AvgIpc) is 3.39. The summed E-state index contributed by atoms with van der Waals surface area (Å²) in [5.74, 6) is 0.456. The molecule has 32 heavy (non-hydrogen) atoms. The van der Waals surface area contributed by atoms with Crippen molar-refractivity contribution in [1.29, 1.82) is 0 Å². The minimum Gasteiger partial charge on any atom is -0.381 e. The van der Waals surface area contributed by atoms with Gasteiger partial charge in [0.05, 0.1) is 36.6 Å². The van der Waals surface area contributed by atoms with Crippen LogP contribution in [0.5, 0.6) is 0 Å². The van der Waals surface area contributed by atoms with E-state index in [4.69, 9.17) is 35.4 Å². The molecule has 14 heteroatoms. The van der Waals surface area contributed by atoms with Crippen molar-refractivity contribution < 1.29 is 28.7 Å². The number of anilines is 1. The average molecular weight is 508 g/mol. The van der Waals surface area contributed by atoms with E-state index in [0.29, 0.717) is 17.6 Å². The maximum Gasteiger partial charge on any atom is 0.243 e. The Labute approximate surface area is 193 Å². The van der Waals surface area contributed by atoms with Gasteiger partial charge in [-0.15, -0.1) is 5.10 Å². The number of hydrogen-bond donors (Lipinski definition) is 4. The van der Waals surface area contributed by atoms with Crippen LogP contribution in [-0.4, -0.2) is 72.1 Å². The predicted molar refractivity (Wildman–Crippen MR) is 121 cm³/mol. The van der Waals surface area contributed by atoms with Crippen LogP contribution < -0.4 is 5.32 Å². The summed E-state index contributed by atoms with van der Waals surface area (Å²) in [4.78, 5) is 36.6. The van der Waals surface area contributed by atoms with Crippen molar-refractivity contribution in [2.24, 2.45) is 0 Å². The lowest BCUT2D eigenvalue weighted by Gasteiger charge is -2.28.